The van der Waals surface area contributed by atoms with E-state index in [0.29, 0.717) is 39.0 Å². The summed E-state index contributed by atoms with van der Waals surface area (Å²) < 4.78 is 5.19. The fourth-order valence-corrected chi connectivity index (χ4v) is 4.51. The summed E-state index contributed by atoms with van der Waals surface area (Å²) in [6.45, 7) is 3.58. The molecular weight excluding hydrogens is 398 g/mol. The Labute approximate surface area is 181 Å². The number of benzene rings is 1. The predicted octanol–water partition coefficient (Wildman–Crippen LogP) is 1.22. The molecule has 2 heterocycles. The minimum Gasteiger partial charge on any atom is -0.454 e. The highest BCUT2D eigenvalue weighted by Crippen LogP contribution is 2.36. The Hall–Kier alpha value is -3.16. The van der Waals surface area contributed by atoms with Crippen molar-refractivity contribution in [3.8, 4) is 0 Å². The van der Waals surface area contributed by atoms with Crippen molar-refractivity contribution in [2.24, 2.45) is 11.8 Å². The number of anilines is 1. The zero-order valence-corrected chi connectivity index (χ0v) is 17.6. The molecular formula is C23H27N3O5. The highest BCUT2D eigenvalue weighted by atomic mass is 16.5. The number of likely N-dealkylation sites (tertiary alicyclic amines) is 1. The lowest BCUT2D eigenvalue weighted by Crippen LogP contribution is -2.50. The Balaban J connectivity index is 1.26. The van der Waals surface area contributed by atoms with Crippen molar-refractivity contribution in [2.75, 3.05) is 37.7 Å². The van der Waals surface area contributed by atoms with Crippen LogP contribution >= 0.6 is 0 Å². The number of esters is 1. The molecule has 3 aliphatic rings. The van der Waals surface area contributed by atoms with E-state index in [1.165, 1.54) is 6.92 Å². The molecule has 164 valence electrons. The number of hydrogen-bond donors (Lipinski definition) is 0. The van der Waals surface area contributed by atoms with E-state index in [2.05, 4.69) is 4.90 Å². The Morgan fingerprint density at radius 3 is 2.13 bits per heavy atom. The van der Waals surface area contributed by atoms with Gasteiger partial charge in [0.05, 0.1) is 11.8 Å². The molecule has 3 amide bonds. The van der Waals surface area contributed by atoms with Crippen LogP contribution in [0.2, 0.25) is 0 Å². The predicted molar refractivity (Wildman–Crippen MR) is 113 cm³/mol. The topological polar surface area (TPSA) is 87.2 Å². The first kappa shape index (κ1) is 21.1. The number of hydrogen-bond acceptors (Lipinski definition) is 6. The number of piperazine rings is 1. The van der Waals surface area contributed by atoms with Crippen molar-refractivity contribution in [2.45, 2.75) is 25.8 Å². The molecule has 1 aromatic rings. The number of ether oxygens (including phenoxy) is 1. The summed E-state index contributed by atoms with van der Waals surface area (Å²) in [7, 11) is 0. The van der Waals surface area contributed by atoms with E-state index in [1.54, 1.807) is 4.90 Å². The molecule has 2 aliphatic heterocycles. The standard InChI is InChI=1S/C23H27N3O5/c1-16(26-21(28)18-9-5-6-10-19(18)22(26)29)23(30)31-15-20(27)25-13-11-24(12-14-25)17-7-3-2-4-8-17/h2-8,16,18-19H,9-15H2,1H3/t16-,18-,19+/m0/s1. The van der Waals surface area contributed by atoms with Crippen LogP contribution in [0.1, 0.15) is 19.8 Å². The molecule has 0 aromatic heterocycles. The van der Waals surface area contributed by atoms with Crippen molar-refractivity contribution in [3.05, 3.63) is 42.5 Å². The summed E-state index contributed by atoms with van der Waals surface area (Å²) in [5, 5.41) is 0. The lowest BCUT2D eigenvalue weighted by Gasteiger charge is -2.36. The average molecular weight is 425 g/mol. The van der Waals surface area contributed by atoms with Crippen LogP contribution in [0.4, 0.5) is 5.69 Å². The molecule has 0 N–H and O–H groups in total. The van der Waals surface area contributed by atoms with Gasteiger partial charge >= 0.3 is 5.97 Å². The summed E-state index contributed by atoms with van der Waals surface area (Å²) in [4.78, 5) is 55.1. The number of allylic oxidation sites excluding steroid dienone is 2. The molecule has 8 nitrogen and oxygen atoms in total. The second kappa shape index (κ2) is 8.91. The van der Waals surface area contributed by atoms with Gasteiger partial charge in [-0.2, -0.15) is 0 Å². The number of para-hydroxylation sites is 1. The highest BCUT2D eigenvalue weighted by Gasteiger charge is 2.50. The number of carbonyl (C=O) groups excluding carboxylic acids is 4. The van der Waals surface area contributed by atoms with Crippen LogP contribution in [-0.2, 0) is 23.9 Å². The Morgan fingerprint density at radius 2 is 1.55 bits per heavy atom. The van der Waals surface area contributed by atoms with Gasteiger partial charge in [0.15, 0.2) is 6.61 Å². The first-order valence-electron chi connectivity index (χ1n) is 10.7. The number of nitrogens with zero attached hydrogens (tertiary/aromatic N) is 3. The number of fused-ring (bicyclic) bond motifs is 1. The zero-order valence-electron chi connectivity index (χ0n) is 17.6. The Bertz CT molecular complexity index is 866. The molecule has 2 saturated heterocycles. The van der Waals surface area contributed by atoms with Crippen LogP contribution in [-0.4, -0.2) is 72.3 Å². The second-order valence-corrected chi connectivity index (χ2v) is 8.19. The highest BCUT2D eigenvalue weighted by molar-refractivity contribution is 6.08. The van der Waals surface area contributed by atoms with Gasteiger partial charge in [-0.15, -0.1) is 0 Å². The molecule has 0 bridgehead atoms. The monoisotopic (exact) mass is 425 g/mol. The van der Waals surface area contributed by atoms with Crippen LogP contribution in [0.5, 0.6) is 0 Å². The third-order valence-electron chi connectivity index (χ3n) is 6.36. The molecule has 0 saturated carbocycles. The van der Waals surface area contributed by atoms with E-state index in [1.807, 2.05) is 42.5 Å². The van der Waals surface area contributed by atoms with Crippen LogP contribution in [0.25, 0.3) is 0 Å². The van der Waals surface area contributed by atoms with Gasteiger partial charge in [0.1, 0.15) is 6.04 Å². The molecule has 0 unspecified atom stereocenters. The summed E-state index contributed by atoms with van der Waals surface area (Å²) >= 11 is 0. The van der Waals surface area contributed by atoms with Crippen molar-refractivity contribution >= 4 is 29.4 Å². The summed E-state index contributed by atoms with van der Waals surface area (Å²) in [5.74, 6) is -2.44. The molecule has 0 radical (unpaired) electrons. The fraction of sp³-hybridized carbons (Fsp3) is 0.478. The van der Waals surface area contributed by atoms with Gasteiger partial charge in [0, 0.05) is 31.9 Å². The van der Waals surface area contributed by atoms with Crippen LogP contribution in [0.15, 0.2) is 42.5 Å². The number of carbonyl (C=O) groups is 4. The van der Waals surface area contributed by atoms with E-state index in [0.717, 1.165) is 10.6 Å². The molecule has 2 fully saturated rings. The molecule has 8 heteroatoms. The minimum absolute atomic E-state index is 0.273. The van der Waals surface area contributed by atoms with Gasteiger partial charge in [-0.3, -0.25) is 19.3 Å². The van der Waals surface area contributed by atoms with Crippen LogP contribution in [0, 0.1) is 11.8 Å². The van der Waals surface area contributed by atoms with E-state index in [9.17, 15) is 19.2 Å². The molecule has 1 aromatic carbocycles. The molecule has 0 spiro atoms. The maximum atomic E-state index is 12.6. The number of amides is 3. The summed E-state index contributed by atoms with van der Waals surface area (Å²) in [6.07, 6.45) is 4.83. The lowest BCUT2D eigenvalue weighted by molar-refractivity contribution is -0.161. The van der Waals surface area contributed by atoms with Gasteiger partial charge in [-0.05, 0) is 31.9 Å². The smallest absolute Gasteiger partial charge is 0.329 e. The van der Waals surface area contributed by atoms with Gasteiger partial charge in [0.2, 0.25) is 11.8 Å². The van der Waals surface area contributed by atoms with E-state index >= 15 is 0 Å². The summed E-state index contributed by atoms with van der Waals surface area (Å²) in [6, 6.07) is 8.96. The molecule has 3 atom stereocenters. The van der Waals surface area contributed by atoms with Gasteiger partial charge < -0.3 is 14.5 Å². The Morgan fingerprint density at radius 1 is 0.968 bits per heavy atom. The zero-order chi connectivity index (χ0) is 22.0. The van der Waals surface area contributed by atoms with Gasteiger partial charge in [0.25, 0.3) is 5.91 Å². The van der Waals surface area contributed by atoms with Crippen molar-refractivity contribution < 1.29 is 23.9 Å². The quantitative estimate of drug-likeness (QED) is 0.401. The third-order valence-corrected chi connectivity index (χ3v) is 6.36. The van der Waals surface area contributed by atoms with Gasteiger partial charge in [-0.25, -0.2) is 4.79 Å². The SMILES string of the molecule is C[C@@H](C(=O)OCC(=O)N1CCN(c2ccccc2)CC1)N1C(=O)[C@H]2CC=CC[C@H]2C1=O. The maximum absolute atomic E-state index is 12.6. The van der Waals surface area contributed by atoms with Crippen molar-refractivity contribution in [3.63, 3.8) is 0 Å². The molecule has 31 heavy (non-hydrogen) atoms. The number of imide groups is 1. The van der Waals surface area contributed by atoms with Crippen molar-refractivity contribution in [1.29, 1.82) is 0 Å². The van der Waals surface area contributed by atoms with E-state index < -0.39 is 23.8 Å². The lowest BCUT2D eigenvalue weighted by atomic mass is 9.85. The fourth-order valence-electron chi connectivity index (χ4n) is 4.51. The Kier molecular flexibility index (Phi) is 6.06. The summed E-state index contributed by atoms with van der Waals surface area (Å²) in [5.41, 5.74) is 1.12. The first-order chi connectivity index (χ1) is 15.0. The van der Waals surface area contributed by atoms with Gasteiger partial charge in [-0.1, -0.05) is 30.4 Å². The average Bonchev–Trinajstić information content (AvgIpc) is 3.07. The maximum Gasteiger partial charge on any atom is 0.329 e. The minimum atomic E-state index is -1.03. The van der Waals surface area contributed by atoms with Crippen LogP contribution in [0.3, 0.4) is 0 Å². The van der Waals surface area contributed by atoms with E-state index in [-0.39, 0.29) is 24.3 Å². The van der Waals surface area contributed by atoms with E-state index in [4.69, 9.17) is 4.74 Å². The normalized spacial score (nSPS) is 24.2. The molecule has 1 aliphatic carbocycles. The van der Waals surface area contributed by atoms with Crippen LogP contribution < -0.4 is 4.90 Å². The third kappa shape index (κ3) is 4.19. The number of rotatable bonds is 5. The first-order valence-corrected chi connectivity index (χ1v) is 10.7. The van der Waals surface area contributed by atoms with Crippen molar-refractivity contribution in [1.82, 2.24) is 9.80 Å². The second-order valence-electron chi connectivity index (χ2n) is 8.19. The molecule has 4 rings (SSSR count). The largest absolute Gasteiger partial charge is 0.454 e.